The van der Waals surface area contributed by atoms with Crippen molar-refractivity contribution in [3.8, 4) is 0 Å². The van der Waals surface area contributed by atoms with Crippen LogP contribution in [0.4, 0.5) is 0 Å². The third-order valence-corrected chi connectivity index (χ3v) is 5.67. The van der Waals surface area contributed by atoms with Crippen molar-refractivity contribution in [2.75, 3.05) is 0 Å². The van der Waals surface area contributed by atoms with Crippen LogP contribution in [0.25, 0.3) is 0 Å². The zero-order chi connectivity index (χ0) is 15.6. The molecule has 6 heteroatoms. The minimum absolute atomic E-state index is 0.142. The number of carbonyl (C=O) groups excluding carboxylic acids is 1. The van der Waals surface area contributed by atoms with E-state index in [1.165, 1.54) is 0 Å². The Balaban J connectivity index is 2.21. The molecule has 1 fully saturated rings. The van der Waals surface area contributed by atoms with Crippen molar-refractivity contribution in [2.45, 2.75) is 38.1 Å². The summed E-state index contributed by atoms with van der Waals surface area (Å²) in [6.45, 7) is 2.22. The molecule has 1 aliphatic carbocycles. The smallest absolute Gasteiger partial charge is 0.253 e. The van der Waals surface area contributed by atoms with E-state index in [0.29, 0.717) is 16.5 Å². The van der Waals surface area contributed by atoms with Gasteiger partial charge < -0.3 is 11.1 Å². The Morgan fingerprint density at radius 3 is 2.52 bits per heavy atom. The molecule has 114 valence electrons. The lowest BCUT2D eigenvalue weighted by Gasteiger charge is -2.39. The van der Waals surface area contributed by atoms with Crippen molar-refractivity contribution in [2.24, 2.45) is 11.7 Å². The van der Waals surface area contributed by atoms with Gasteiger partial charge in [0, 0.05) is 8.95 Å². The van der Waals surface area contributed by atoms with Gasteiger partial charge in [0.05, 0.1) is 16.1 Å². The molecule has 0 aliphatic heterocycles. The molecule has 0 heterocycles. The molecule has 0 spiro atoms. The standard InChI is InChI=1S/C15H18Br2N2OS/c1-9-4-6-15(7-5-9,14(18)21)19-13(20)11-3-2-10(16)8-12(11)17/h2-3,8-9H,4-7H2,1H3,(H2,18,21)(H,19,20). The second kappa shape index (κ2) is 6.75. The molecule has 1 aromatic carbocycles. The number of benzene rings is 1. The Morgan fingerprint density at radius 2 is 2.00 bits per heavy atom. The van der Waals surface area contributed by atoms with E-state index in [4.69, 9.17) is 18.0 Å². The average Bonchev–Trinajstić information content (AvgIpc) is 2.41. The monoisotopic (exact) mass is 432 g/mol. The van der Waals surface area contributed by atoms with Gasteiger partial charge in [0.15, 0.2) is 0 Å². The number of nitrogens with one attached hydrogen (secondary N) is 1. The second-order valence-corrected chi connectivity index (χ2v) is 7.92. The lowest BCUT2D eigenvalue weighted by Crippen LogP contribution is -2.58. The summed E-state index contributed by atoms with van der Waals surface area (Å²) < 4.78 is 1.66. The molecule has 1 saturated carbocycles. The molecule has 0 aromatic heterocycles. The van der Waals surface area contributed by atoms with Gasteiger partial charge in [-0.25, -0.2) is 0 Å². The average molecular weight is 434 g/mol. The van der Waals surface area contributed by atoms with Gasteiger partial charge >= 0.3 is 0 Å². The first-order valence-electron chi connectivity index (χ1n) is 6.91. The van der Waals surface area contributed by atoms with E-state index in [-0.39, 0.29) is 5.91 Å². The van der Waals surface area contributed by atoms with Crippen molar-refractivity contribution < 1.29 is 4.79 Å². The summed E-state index contributed by atoms with van der Waals surface area (Å²) in [7, 11) is 0. The Hall–Kier alpha value is -0.460. The highest BCUT2D eigenvalue weighted by Crippen LogP contribution is 2.33. The molecule has 1 aromatic rings. The van der Waals surface area contributed by atoms with Gasteiger partial charge in [0.25, 0.3) is 5.91 Å². The van der Waals surface area contributed by atoms with Gasteiger partial charge in [-0.3, -0.25) is 4.79 Å². The van der Waals surface area contributed by atoms with Crippen LogP contribution in [-0.2, 0) is 0 Å². The molecular weight excluding hydrogens is 416 g/mol. The molecule has 21 heavy (non-hydrogen) atoms. The van der Waals surface area contributed by atoms with E-state index in [1.54, 1.807) is 6.07 Å². The molecule has 0 unspecified atom stereocenters. The maximum Gasteiger partial charge on any atom is 0.253 e. The molecule has 0 atom stereocenters. The van der Waals surface area contributed by atoms with Gasteiger partial charge in [0.1, 0.15) is 0 Å². The summed E-state index contributed by atoms with van der Waals surface area (Å²) in [5.41, 5.74) is 5.97. The third kappa shape index (κ3) is 3.85. The van der Waals surface area contributed by atoms with Crippen LogP contribution in [0.15, 0.2) is 27.1 Å². The van der Waals surface area contributed by atoms with Crippen molar-refractivity contribution in [1.29, 1.82) is 0 Å². The highest BCUT2D eigenvalue weighted by molar-refractivity contribution is 9.11. The summed E-state index contributed by atoms with van der Waals surface area (Å²) in [4.78, 5) is 12.9. The van der Waals surface area contributed by atoms with Crippen LogP contribution in [0.3, 0.4) is 0 Å². The quantitative estimate of drug-likeness (QED) is 0.703. The number of halogens is 2. The third-order valence-electron chi connectivity index (χ3n) is 4.13. The van der Waals surface area contributed by atoms with Crippen LogP contribution in [0.5, 0.6) is 0 Å². The van der Waals surface area contributed by atoms with Crippen LogP contribution in [0.2, 0.25) is 0 Å². The Kier molecular flexibility index (Phi) is 5.43. The number of nitrogens with two attached hydrogens (primary N) is 1. The number of amides is 1. The fourth-order valence-electron chi connectivity index (χ4n) is 2.65. The van der Waals surface area contributed by atoms with E-state index in [2.05, 4.69) is 44.1 Å². The normalized spacial score (nSPS) is 25.4. The topological polar surface area (TPSA) is 55.1 Å². The van der Waals surface area contributed by atoms with Crippen LogP contribution >= 0.6 is 44.1 Å². The summed E-state index contributed by atoms with van der Waals surface area (Å²) in [6, 6.07) is 5.48. The molecule has 0 bridgehead atoms. The molecule has 0 saturated heterocycles. The molecule has 2 rings (SSSR count). The maximum absolute atomic E-state index is 12.6. The number of hydrogen-bond acceptors (Lipinski definition) is 2. The molecule has 3 nitrogen and oxygen atoms in total. The highest BCUT2D eigenvalue weighted by atomic mass is 79.9. The SMILES string of the molecule is CC1CCC(NC(=O)c2ccc(Br)cc2Br)(C(N)=S)CC1. The van der Waals surface area contributed by atoms with Gasteiger partial charge in [-0.05, 0) is 65.7 Å². The first-order chi connectivity index (χ1) is 9.84. The predicted molar refractivity (Wildman–Crippen MR) is 96.5 cm³/mol. The van der Waals surface area contributed by atoms with E-state index >= 15 is 0 Å². The molecule has 0 radical (unpaired) electrons. The fraction of sp³-hybridized carbons (Fsp3) is 0.467. The Morgan fingerprint density at radius 1 is 1.38 bits per heavy atom. The molecule has 1 aliphatic rings. The largest absolute Gasteiger partial charge is 0.391 e. The fourth-order valence-corrected chi connectivity index (χ4v) is 4.13. The van der Waals surface area contributed by atoms with Crippen LogP contribution in [-0.4, -0.2) is 16.4 Å². The van der Waals surface area contributed by atoms with Crippen LogP contribution < -0.4 is 11.1 Å². The number of thiocarbonyl (C=S) groups is 1. The zero-order valence-electron chi connectivity index (χ0n) is 11.8. The van der Waals surface area contributed by atoms with E-state index < -0.39 is 5.54 Å². The lowest BCUT2D eigenvalue weighted by atomic mass is 9.77. The van der Waals surface area contributed by atoms with Crippen LogP contribution in [0.1, 0.15) is 43.0 Å². The first kappa shape index (κ1) is 16.9. The van der Waals surface area contributed by atoms with Gasteiger partial charge in [-0.2, -0.15) is 0 Å². The van der Waals surface area contributed by atoms with Crippen LogP contribution in [0, 0.1) is 5.92 Å². The van der Waals surface area contributed by atoms with Gasteiger partial charge in [-0.1, -0.05) is 35.1 Å². The zero-order valence-corrected chi connectivity index (χ0v) is 15.8. The summed E-state index contributed by atoms with van der Waals surface area (Å²) in [6.07, 6.45) is 3.67. The predicted octanol–water partition coefficient (Wildman–Crippen LogP) is 4.18. The summed E-state index contributed by atoms with van der Waals surface area (Å²) >= 11 is 12.0. The highest BCUT2D eigenvalue weighted by Gasteiger charge is 2.38. The Bertz CT molecular complexity index is 569. The van der Waals surface area contributed by atoms with Crippen molar-refractivity contribution >= 4 is 55.0 Å². The molecule has 3 N–H and O–H groups in total. The second-order valence-electron chi connectivity index (χ2n) is 5.71. The lowest BCUT2D eigenvalue weighted by molar-refractivity contribution is 0.0900. The maximum atomic E-state index is 12.6. The van der Waals surface area contributed by atoms with Crippen molar-refractivity contribution in [3.05, 3.63) is 32.7 Å². The van der Waals surface area contributed by atoms with E-state index in [0.717, 1.165) is 34.6 Å². The first-order valence-corrected chi connectivity index (χ1v) is 8.91. The van der Waals surface area contributed by atoms with E-state index in [1.807, 2.05) is 12.1 Å². The number of hydrogen-bond donors (Lipinski definition) is 2. The minimum Gasteiger partial charge on any atom is -0.391 e. The Labute approximate surface area is 147 Å². The minimum atomic E-state index is -0.550. The van der Waals surface area contributed by atoms with Crippen molar-refractivity contribution in [1.82, 2.24) is 5.32 Å². The van der Waals surface area contributed by atoms with Gasteiger partial charge in [0.2, 0.25) is 0 Å². The molecule has 1 amide bonds. The number of carbonyl (C=O) groups is 1. The van der Waals surface area contributed by atoms with Gasteiger partial charge in [-0.15, -0.1) is 0 Å². The summed E-state index contributed by atoms with van der Waals surface area (Å²) in [5, 5.41) is 3.08. The summed E-state index contributed by atoms with van der Waals surface area (Å²) in [5.74, 6) is 0.514. The molecular formula is C15H18Br2N2OS. The van der Waals surface area contributed by atoms with Crippen molar-refractivity contribution in [3.63, 3.8) is 0 Å². The number of rotatable bonds is 3. The van der Waals surface area contributed by atoms with E-state index in [9.17, 15) is 4.79 Å².